The van der Waals surface area contributed by atoms with E-state index in [9.17, 15) is 22.4 Å². The normalized spacial score (nSPS) is 14.3. The zero-order valence-corrected chi connectivity index (χ0v) is 26.1. The molecule has 230 valence electrons. The molecule has 0 spiro atoms. The Morgan fingerprint density at radius 1 is 0.930 bits per heavy atom. The minimum atomic E-state index is -3.60. The highest BCUT2D eigenvalue weighted by atomic mass is 32.2. The van der Waals surface area contributed by atoms with Crippen molar-refractivity contribution in [3.05, 3.63) is 101 Å². The molecule has 1 aliphatic carbocycles. The van der Waals surface area contributed by atoms with Gasteiger partial charge in [-0.1, -0.05) is 61.4 Å². The van der Waals surface area contributed by atoms with Gasteiger partial charge in [-0.25, -0.2) is 12.8 Å². The quantitative estimate of drug-likeness (QED) is 0.271. The topological polar surface area (TPSA) is 86.8 Å². The van der Waals surface area contributed by atoms with Crippen molar-refractivity contribution in [1.82, 2.24) is 10.2 Å². The molecular weight excluding hydrogens is 565 g/mol. The van der Waals surface area contributed by atoms with Gasteiger partial charge in [-0.05, 0) is 79.6 Å². The SMILES string of the molecule is Cc1cc(C)cc(N(CCCC(=O)N(Cc2ccc(F)cc2)[C@H](Cc2ccccc2)C(=O)NC2CCCC2)S(C)(=O)=O)c1. The Morgan fingerprint density at radius 3 is 2.16 bits per heavy atom. The van der Waals surface area contributed by atoms with Gasteiger partial charge in [0.25, 0.3) is 0 Å². The van der Waals surface area contributed by atoms with Crippen LogP contribution < -0.4 is 9.62 Å². The standard InChI is InChI=1S/C34H42FN3O4S/c1-25-20-26(2)22-31(21-25)38(43(3,41)42)19-9-14-33(39)37(24-28-15-17-29(35)18-16-28)32(23-27-10-5-4-6-11-27)34(40)36-30-12-7-8-13-30/h4-6,10-11,15-18,20-22,30,32H,7-9,12-14,19,23-24H2,1-3H3,(H,36,40)/t32-/m1/s1. The van der Waals surface area contributed by atoms with Crippen molar-refractivity contribution in [2.24, 2.45) is 0 Å². The Morgan fingerprint density at radius 2 is 1.56 bits per heavy atom. The van der Waals surface area contributed by atoms with Crippen LogP contribution in [0.1, 0.15) is 60.8 Å². The van der Waals surface area contributed by atoms with E-state index in [1.165, 1.54) is 16.4 Å². The fraction of sp³-hybridized carbons (Fsp3) is 0.412. The molecule has 43 heavy (non-hydrogen) atoms. The zero-order chi connectivity index (χ0) is 31.0. The van der Waals surface area contributed by atoms with Gasteiger partial charge in [0.05, 0.1) is 11.9 Å². The predicted octanol–water partition coefficient (Wildman–Crippen LogP) is 5.69. The van der Waals surface area contributed by atoms with Crippen molar-refractivity contribution in [2.45, 2.75) is 77.4 Å². The van der Waals surface area contributed by atoms with Gasteiger partial charge in [-0.3, -0.25) is 13.9 Å². The second-order valence-corrected chi connectivity index (χ2v) is 13.5. The van der Waals surface area contributed by atoms with Gasteiger partial charge in [0.2, 0.25) is 21.8 Å². The molecule has 1 N–H and O–H groups in total. The monoisotopic (exact) mass is 607 g/mol. The summed E-state index contributed by atoms with van der Waals surface area (Å²) in [5.41, 5.74) is 4.08. The average molecular weight is 608 g/mol. The van der Waals surface area contributed by atoms with Crippen LogP contribution >= 0.6 is 0 Å². The smallest absolute Gasteiger partial charge is 0.243 e. The number of sulfonamides is 1. The highest BCUT2D eigenvalue weighted by molar-refractivity contribution is 7.92. The van der Waals surface area contributed by atoms with E-state index in [4.69, 9.17) is 0 Å². The zero-order valence-electron chi connectivity index (χ0n) is 25.3. The maximum atomic E-state index is 14.0. The number of rotatable bonds is 13. The summed E-state index contributed by atoms with van der Waals surface area (Å²) in [6, 6.07) is 20.4. The second kappa shape index (κ2) is 14.6. The van der Waals surface area contributed by atoms with Crippen molar-refractivity contribution in [2.75, 3.05) is 17.1 Å². The minimum Gasteiger partial charge on any atom is -0.352 e. The number of hydrogen-bond donors (Lipinski definition) is 1. The molecule has 3 aromatic rings. The fourth-order valence-electron chi connectivity index (χ4n) is 5.81. The molecule has 0 bridgehead atoms. The molecule has 0 aliphatic heterocycles. The summed E-state index contributed by atoms with van der Waals surface area (Å²) in [5, 5.41) is 3.18. The van der Waals surface area contributed by atoms with Gasteiger partial charge >= 0.3 is 0 Å². The first-order valence-electron chi connectivity index (χ1n) is 14.9. The molecule has 0 radical (unpaired) electrons. The molecule has 0 aromatic heterocycles. The summed E-state index contributed by atoms with van der Waals surface area (Å²) in [7, 11) is -3.60. The first-order valence-corrected chi connectivity index (χ1v) is 16.8. The van der Waals surface area contributed by atoms with Crippen LogP contribution in [0.5, 0.6) is 0 Å². The van der Waals surface area contributed by atoms with Crippen LogP contribution in [0.3, 0.4) is 0 Å². The average Bonchev–Trinajstić information content (AvgIpc) is 3.46. The molecule has 9 heteroatoms. The van der Waals surface area contributed by atoms with E-state index in [0.29, 0.717) is 17.7 Å². The largest absolute Gasteiger partial charge is 0.352 e. The number of carbonyl (C=O) groups is 2. The van der Waals surface area contributed by atoms with Crippen molar-refractivity contribution in [3.63, 3.8) is 0 Å². The number of nitrogens with one attached hydrogen (secondary N) is 1. The van der Waals surface area contributed by atoms with Crippen LogP contribution in [-0.2, 0) is 32.6 Å². The summed E-state index contributed by atoms with van der Waals surface area (Å²) in [5.74, 6) is -0.853. The number of anilines is 1. The number of nitrogens with zero attached hydrogens (tertiary/aromatic N) is 2. The molecule has 7 nitrogen and oxygen atoms in total. The Hall–Kier alpha value is -3.72. The summed E-state index contributed by atoms with van der Waals surface area (Å²) in [6.07, 6.45) is 5.74. The second-order valence-electron chi connectivity index (χ2n) is 11.6. The van der Waals surface area contributed by atoms with Gasteiger partial charge in [-0.2, -0.15) is 0 Å². The third-order valence-corrected chi connectivity index (χ3v) is 9.08. The highest BCUT2D eigenvalue weighted by Crippen LogP contribution is 2.24. The number of aryl methyl sites for hydroxylation is 2. The summed E-state index contributed by atoms with van der Waals surface area (Å²) in [6.45, 7) is 4.08. The molecule has 1 atom stereocenters. The van der Waals surface area contributed by atoms with Crippen LogP contribution in [0, 0.1) is 19.7 Å². The van der Waals surface area contributed by atoms with Gasteiger partial charge in [0.1, 0.15) is 11.9 Å². The van der Waals surface area contributed by atoms with E-state index < -0.39 is 16.1 Å². The van der Waals surface area contributed by atoms with Crippen molar-refractivity contribution in [1.29, 1.82) is 0 Å². The van der Waals surface area contributed by atoms with Crippen LogP contribution in [-0.4, -0.2) is 50.0 Å². The van der Waals surface area contributed by atoms with Crippen molar-refractivity contribution < 1.29 is 22.4 Å². The highest BCUT2D eigenvalue weighted by Gasteiger charge is 2.32. The van der Waals surface area contributed by atoms with Gasteiger partial charge in [-0.15, -0.1) is 0 Å². The maximum absolute atomic E-state index is 14.0. The Balaban J connectivity index is 1.59. The lowest BCUT2D eigenvalue weighted by Gasteiger charge is -2.33. The summed E-state index contributed by atoms with van der Waals surface area (Å²) in [4.78, 5) is 29.3. The lowest BCUT2D eigenvalue weighted by atomic mass is 10.0. The summed E-state index contributed by atoms with van der Waals surface area (Å²) < 4.78 is 40.5. The molecule has 0 heterocycles. The molecule has 0 unspecified atom stereocenters. The molecule has 1 aliphatic rings. The van der Waals surface area contributed by atoms with Crippen LogP contribution in [0.25, 0.3) is 0 Å². The van der Waals surface area contributed by atoms with Crippen LogP contribution in [0.4, 0.5) is 10.1 Å². The van der Waals surface area contributed by atoms with E-state index in [2.05, 4.69) is 5.32 Å². The number of benzene rings is 3. The van der Waals surface area contributed by atoms with Crippen LogP contribution in [0.15, 0.2) is 72.8 Å². The maximum Gasteiger partial charge on any atom is 0.243 e. The van der Waals surface area contributed by atoms with E-state index in [1.807, 2.05) is 62.4 Å². The van der Waals surface area contributed by atoms with E-state index >= 15 is 0 Å². The van der Waals surface area contributed by atoms with Crippen LogP contribution in [0.2, 0.25) is 0 Å². The molecule has 1 fully saturated rings. The number of amides is 2. The van der Waals surface area contributed by atoms with E-state index in [1.54, 1.807) is 17.0 Å². The molecule has 3 aromatic carbocycles. The Labute approximate surface area is 255 Å². The lowest BCUT2D eigenvalue weighted by Crippen LogP contribution is -2.52. The van der Waals surface area contributed by atoms with E-state index in [-0.39, 0.29) is 49.6 Å². The molecular formula is C34H42FN3O4S. The molecule has 4 rings (SSSR count). The molecule has 1 saturated carbocycles. The van der Waals surface area contributed by atoms with Gasteiger partial charge in [0.15, 0.2) is 0 Å². The predicted molar refractivity (Wildman–Crippen MR) is 169 cm³/mol. The third kappa shape index (κ3) is 9.38. The number of halogens is 1. The minimum absolute atomic E-state index is 0.0417. The molecule has 0 saturated heterocycles. The van der Waals surface area contributed by atoms with Crippen molar-refractivity contribution >= 4 is 27.5 Å². The van der Waals surface area contributed by atoms with E-state index in [0.717, 1.165) is 48.6 Å². The number of carbonyl (C=O) groups excluding carboxylic acids is 2. The fourth-order valence-corrected chi connectivity index (χ4v) is 6.76. The van der Waals surface area contributed by atoms with Gasteiger partial charge in [0, 0.05) is 32.0 Å². The Kier molecular flexibility index (Phi) is 11.0. The number of hydrogen-bond acceptors (Lipinski definition) is 4. The first-order chi connectivity index (χ1) is 20.5. The van der Waals surface area contributed by atoms with Crippen molar-refractivity contribution in [3.8, 4) is 0 Å². The van der Waals surface area contributed by atoms with Gasteiger partial charge < -0.3 is 10.2 Å². The lowest BCUT2D eigenvalue weighted by molar-refractivity contribution is -0.141. The first kappa shape index (κ1) is 32.2. The third-order valence-electron chi connectivity index (χ3n) is 7.89. The molecule has 2 amide bonds. The summed E-state index contributed by atoms with van der Waals surface area (Å²) >= 11 is 0. The Bertz CT molecular complexity index is 1470.